The maximum absolute atomic E-state index is 12.2. The van der Waals surface area contributed by atoms with Crippen molar-refractivity contribution in [1.29, 1.82) is 0 Å². The van der Waals surface area contributed by atoms with Crippen molar-refractivity contribution in [3.63, 3.8) is 0 Å². The second-order valence-corrected chi connectivity index (χ2v) is 12.8. The van der Waals surface area contributed by atoms with E-state index >= 15 is 0 Å². The van der Waals surface area contributed by atoms with Gasteiger partial charge in [0.1, 0.15) is 42.7 Å². The van der Waals surface area contributed by atoms with Gasteiger partial charge in [-0.3, -0.25) is 9.35 Å². The summed E-state index contributed by atoms with van der Waals surface area (Å²) in [5.41, 5.74) is -1.66. The van der Waals surface area contributed by atoms with Gasteiger partial charge in [-0.1, -0.05) is 39.0 Å². The van der Waals surface area contributed by atoms with Crippen LogP contribution in [0.15, 0.2) is 0 Å². The predicted octanol–water partition coefficient (Wildman–Crippen LogP) is -2.03. The molecule has 2 aliphatic rings. The normalized spacial score (nSPS) is 32.8. The number of hydrogen-bond donors (Lipinski definition) is 8. The van der Waals surface area contributed by atoms with Crippen LogP contribution in [0.25, 0.3) is 0 Å². The summed E-state index contributed by atoms with van der Waals surface area (Å²) in [4.78, 5) is 12.2. The highest BCUT2D eigenvalue weighted by Crippen LogP contribution is 2.30. The van der Waals surface area contributed by atoms with E-state index in [4.69, 9.17) is 28.2 Å². The van der Waals surface area contributed by atoms with Gasteiger partial charge in [0.05, 0.1) is 44.6 Å². The minimum absolute atomic E-state index is 0.221. The molecule has 0 unspecified atom stereocenters. The van der Waals surface area contributed by atoms with E-state index < -0.39 is 116 Å². The van der Waals surface area contributed by atoms with Crippen LogP contribution < -0.4 is 5.32 Å². The third kappa shape index (κ3) is 12.5. The predicted molar refractivity (Wildman–Crippen MR) is 154 cm³/mol. The Morgan fingerprint density at radius 2 is 1.53 bits per heavy atom. The van der Waals surface area contributed by atoms with E-state index in [1.807, 2.05) is 0 Å². The number of nitrogens with one attached hydrogen (secondary N) is 1. The summed E-state index contributed by atoms with van der Waals surface area (Å²) in [5.74, 6) is -0.518. The van der Waals surface area contributed by atoms with Crippen LogP contribution in [0.1, 0.15) is 59.3 Å². The van der Waals surface area contributed by atoms with Gasteiger partial charge < -0.3 is 59.6 Å². The molecule has 0 spiro atoms. The van der Waals surface area contributed by atoms with E-state index in [0.717, 1.165) is 32.1 Å². The summed E-state index contributed by atoms with van der Waals surface area (Å²) in [7, 11) is -4.89. The molecule has 0 aromatic heterocycles. The maximum Gasteiger partial charge on any atom is 0.397 e. The largest absolute Gasteiger partial charge is 0.397 e. The van der Waals surface area contributed by atoms with Crippen molar-refractivity contribution >= 4 is 16.3 Å². The van der Waals surface area contributed by atoms with Crippen molar-refractivity contribution < 1.29 is 76.3 Å². The zero-order valence-corrected chi connectivity index (χ0v) is 26.8. The number of hydrogen-bond acceptors (Lipinski definition) is 15. The monoisotopic (exact) mass is 677 g/mol. The van der Waals surface area contributed by atoms with Crippen LogP contribution in [-0.4, -0.2) is 151 Å². The number of carbonyl (C=O) groups is 1. The Bertz CT molecular complexity index is 968. The molecule has 10 atom stereocenters. The van der Waals surface area contributed by atoms with Crippen molar-refractivity contribution in [3.05, 3.63) is 0 Å². The number of aliphatic hydroxyl groups is 6. The number of ether oxygens (including phenoxy) is 5. The van der Waals surface area contributed by atoms with E-state index in [2.05, 4.69) is 16.4 Å². The number of rotatable bonds is 20. The standard InChI is InChI=1S/C27H51NO16S/c1-4-5-6-7-8-9-10-40-25-19(28-17(3)31)24(44-26-23(35)22(34)20(32)16(2)42-26)21(33)18(43-25)11-39-14-27(12-29,13-30)15-41-45(36,37)38/h16,18-26,29-30,32-35H,4-15H2,1-3H3,(H,28,31)(H,36,37,38)/t16-,18+,19+,20+,21+,22+,23-,24+,25-,26-/m0/s1. The van der Waals surface area contributed by atoms with Crippen LogP contribution in [0.4, 0.5) is 0 Å². The first-order valence-corrected chi connectivity index (χ1v) is 16.5. The van der Waals surface area contributed by atoms with Crippen molar-refractivity contribution in [1.82, 2.24) is 5.32 Å². The molecule has 2 saturated heterocycles. The first-order chi connectivity index (χ1) is 21.2. The van der Waals surface area contributed by atoms with Crippen LogP contribution in [0.2, 0.25) is 0 Å². The summed E-state index contributed by atoms with van der Waals surface area (Å²) >= 11 is 0. The lowest BCUT2D eigenvalue weighted by atomic mass is 9.92. The molecular weight excluding hydrogens is 626 g/mol. The molecule has 0 aliphatic carbocycles. The first-order valence-electron chi connectivity index (χ1n) is 15.2. The second-order valence-electron chi connectivity index (χ2n) is 11.7. The van der Waals surface area contributed by atoms with Gasteiger partial charge in [-0.2, -0.15) is 8.42 Å². The lowest BCUT2D eigenvalue weighted by molar-refractivity contribution is -0.341. The van der Waals surface area contributed by atoms with Gasteiger partial charge in [0, 0.05) is 13.5 Å². The smallest absolute Gasteiger partial charge is 0.396 e. The Hall–Kier alpha value is -1.10. The number of unbranched alkanes of at least 4 members (excludes halogenated alkanes) is 5. The summed E-state index contributed by atoms with van der Waals surface area (Å²) in [6.07, 6.45) is -6.84. The van der Waals surface area contributed by atoms with E-state index in [9.17, 15) is 43.9 Å². The summed E-state index contributed by atoms with van der Waals surface area (Å²) < 4.78 is 64.3. The van der Waals surface area contributed by atoms with E-state index in [1.165, 1.54) is 13.8 Å². The molecular formula is C27H51NO16S. The fraction of sp³-hybridized carbons (Fsp3) is 0.963. The Morgan fingerprint density at radius 3 is 2.13 bits per heavy atom. The highest BCUT2D eigenvalue weighted by molar-refractivity contribution is 7.80. The molecule has 2 fully saturated rings. The third-order valence-electron chi connectivity index (χ3n) is 7.80. The SMILES string of the molecule is CCCCCCCCO[C@H]1O[C@H](COCC(CO)(CO)COS(=O)(=O)O)[C@@H](O)[C@H](O[C@@H]2O[C@@H](C)[C@@H](O)[C@@H](O)[C@@H]2O)[C@H]1NC(C)=O. The summed E-state index contributed by atoms with van der Waals surface area (Å²) in [6.45, 7) is 1.67. The van der Waals surface area contributed by atoms with Gasteiger partial charge in [-0.05, 0) is 13.3 Å². The molecule has 0 aromatic rings. The second kappa shape index (κ2) is 19.0. The zero-order valence-electron chi connectivity index (χ0n) is 26.0. The van der Waals surface area contributed by atoms with Crippen molar-refractivity contribution in [2.45, 2.75) is 121 Å². The molecule has 0 radical (unpaired) electrons. The van der Waals surface area contributed by atoms with Crippen LogP contribution >= 0.6 is 0 Å². The van der Waals surface area contributed by atoms with Crippen LogP contribution in [-0.2, 0) is 43.1 Å². The molecule has 18 heteroatoms. The highest BCUT2D eigenvalue weighted by atomic mass is 32.3. The number of aliphatic hydroxyl groups excluding tert-OH is 6. The molecule has 0 bridgehead atoms. The first kappa shape index (κ1) is 40.1. The molecule has 2 heterocycles. The quantitative estimate of drug-likeness (QED) is 0.0510. The fourth-order valence-corrected chi connectivity index (χ4v) is 5.37. The highest BCUT2D eigenvalue weighted by Gasteiger charge is 2.51. The fourth-order valence-electron chi connectivity index (χ4n) is 4.97. The van der Waals surface area contributed by atoms with E-state index in [1.54, 1.807) is 0 Å². The molecule has 8 N–H and O–H groups in total. The van der Waals surface area contributed by atoms with Crippen LogP contribution in [0.5, 0.6) is 0 Å². The average Bonchev–Trinajstić information content (AvgIpc) is 2.98. The van der Waals surface area contributed by atoms with E-state index in [-0.39, 0.29) is 6.61 Å². The van der Waals surface area contributed by atoms with Crippen molar-refractivity contribution in [2.75, 3.05) is 39.6 Å². The Kier molecular flexibility index (Phi) is 17.0. The van der Waals surface area contributed by atoms with Gasteiger partial charge in [0.25, 0.3) is 0 Å². The zero-order chi connectivity index (χ0) is 33.8. The maximum atomic E-state index is 12.2. The summed E-state index contributed by atoms with van der Waals surface area (Å²) in [5, 5.41) is 64.5. The van der Waals surface area contributed by atoms with Crippen LogP contribution in [0, 0.1) is 5.41 Å². The lowest BCUT2D eigenvalue weighted by Crippen LogP contribution is -2.68. The molecule has 1 amide bonds. The van der Waals surface area contributed by atoms with Gasteiger partial charge in [-0.15, -0.1) is 0 Å². The minimum Gasteiger partial charge on any atom is -0.396 e. The Morgan fingerprint density at radius 1 is 0.889 bits per heavy atom. The molecule has 2 rings (SSSR count). The number of carbonyl (C=O) groups excluding carboxylic acids is 1. The number of amides is 1. The van der Waals surface area contributed by atoms with Gasteiger partial charge in [-0.25, -0.2) is 4.18 Å². The molecule has 17 nitrogen and oxygen atoms in total. The van der Waals surface area contributed by atoms with Gasteiger partial charge in [0.2, 0.25) is 5.91 Å². The molecule has 266 valence electrons. The van der Waals surface area contributed by atoms with Crippen molar-refractivity contribution in [2.24, 2.45) is 5.41 Å². The molecule has 0 aromatic carbocycles. The van der Waals surface area contributed by atoms with E-state index in [0.29, 0.717) is 6.42 Å². The summed E-state index contributed by atoms with van der Waals surface area (Å²) in [6, 6.07) is -1.14. The Labute approximate surface area is 263 Å². The average molecular weight is 678 g/mol. The Balaban J connectivity index is 2.25. The minimum atomic E-state index is -4.89. The molecule has 45 heavy (non-hydrogen) atoms. The third-order valence-corrected chi connectivity index (χ3v) is 8.21. The van der Waals surface area contributed by atoms with Gasteiger partial charge in [0.15, 0.2) is 12.6 Å². The molecule has 0 saturated carbocycles. The van der Waals surface area contributed by atoms with Crippen LogP contribution in [0.3, 0.4) is 0 Å². The lowest BCUT2D eigenvalue weighted by Gasteiger charge is -2.47. The van der Waals surface area contributed by atoms with Gasteiger partial charge >= 0.3 is 10.4 Å². The van der Waals surface area contributed by atoms with Crippen molar-refractivity contribution in [3.8, 4) is 0 Å². The molecule has 2 aliphatic heterocycles. The topological polar surface area (TPSA) is 260 Å².